The summed E-state index contributed by atoms with van der Waals surface area (Å²) in [5, 5.41) is 0. The lowest BCUT2D eigenvalue weighted by atomic mass is 10.2. The lowest BCUT2D eigenvalue weighted by molar-refractivity contribution is -0.147. The van der Waals surface area contributed by atoms with E-state index < -0.39 is 6.04 Å². The van der Waals surface area contributed by atoms with Gasteiger partial charge < -0.3 is 14.1 Å². The van der Waals surface area contributed by atoms with Gasteiger partial charge in [0.25, 0.3) is 5.91 Å². The minimum Gasteiger partial charge on any atom is -0.461 e. The third-order valence-corrected chi connectivity index (χ3v) is 3.24. The van der Waals surface area contributed by atoms with Crippen LogP contribution in [-0.2, 0) is 9.53 Å². The summed E-state index contributed by atoms with van der Waals surface area (Å²) in [6.07, 6.45) is 1.12. The van der Waals surface area contributed by atoms with Crippen molar-refractivity contribution in [1.82, 2.24) is 9.88 Å². The summed E-state index contributed by atoms with van der Waals surface area (Å²) in [6, 6.07) is 8.80. The zero-order valence-electron chi connectivity index (χ0n) is 12.4. The molecule has 1 saturated heterocycles. The average molecular weight is 300 g/mol. The first-order valence-electron chi connectivity index (χ1n) is 7.08. The lowest BCUT2D eigenvalue weighted by Gasteiger charge is -2.07. The summed E-state index contributed by atoms with van der Waals surface area (Å²) in [7, 11) is 0. The van der Waals surface area contributed by atoms with Crippen molar-refractivity contribution in [2.75, 3.05) is 6.54 Å². The van der Waals surface area contributed by atoms with Gasteiger partial charge in [-0.05, 0) is 26.0 Å². The van der Waals surface area contributed by atoms with Crippen LogP contribution in [0.2, 0.25) is 0 Å². The molecule has 0 saturated carbocycles. The van der Waals surface area contributed by atoms with E-state index in [0.29, 0.717) is 12.4 Å². The summed E-state index contributed by atoms with van der Waals surface area (Å²) >= 11 is 0. The van der Waals surface area contributed by atoms with Gasteiger partial charge in [0.05, 0.1) is 12.6 Å². The van der Waals surface area contributed by atoms with Crippen molar-refractivity contribution in [2.24, 2.45) is 0 Å². The van der Waals surface area contributed by atoms with Gasteiger partial charge in [-0.15, -0.1) is 0 Å². The minimum absolute atomic E-state index is 0.193. The summed E-state index contributed by atoms with van der Waals surface area (Å²) < 4.78 is 10.4. The summed E-state index contributed by atoms with van der Waals surface area (Å²) in [5.74, 6) is -0.320. The molecule has 1 aromatic heterocycles. The van der Waals surface area contributed by atoms with E-state index in [1.165, 1.54) is 11.2 Å². The van der Waals surface area contributed by atoms with Gasteiger partial charge in [0.2, 0.25) is 5.89 Å². The van der Waals surface area contributed by atoms with E-state index in [-0.39, 0.29) is 23.7 Å². The molecular formula is C16H16N2O4. The second kappa shape index (κ2) is 5.63. The number of esters is 1. The van der Waals surface area contributed by atoms with Crippen LogP contribution in [0.25, 0.3) is 11.5 Å². The van der Waals surface area contributed by atoms with E-state index in [1.54, 1.807) is 13.8 Å². The van der Waals surface area contributed by atoms with E-state index in [4.69, 9.17) is 9.15 Å². The fraction of sp³-hybridized carbons (Fsp3) is 0.312. The lowest BCUT2D eigenvalue weighted by Crippen LogP contribution is -2.23. The molecule has 1 unspecified atom stereocenters. The highest BCUT2D eigenvalue weighted by atomic mass is 16.5. The van der Waals surface area contributed by atoms with E-state index in [2.05, 4.69) is 4.98 Å². The molecule has 6 nitrogen and oxygen atoms in total. The number of hydrogen-bond donors (Lipinski definition) is 0. The number of hydrogen-bond acceptors (Lipinski definition) is 5. The maximum absolute atomic E-state index is 12.2. The third kappa shape index (κ3) is 2.86. The fourth-order valence-electron chi connectivity index (χ4n) is 2.11. The second-order valence-electron chi connectivity index (χ2n) is 5.36. The van der Waals surface area contributed by atoms with E-state index >= 15 is 0 Å². The zero-order valence-corrected chi connectivity index (χ0v) is 12.4. The van der Waals surface area contributed by atoms with Crippen LogP contribution in [0.4, 0.5) is 0 Å². The van der Waals surface area contributed by atoms with Gasteiger partial charge in [0.1, 0.15) is 12.3 Å². The van der Waals surface area contributed by atoms with Crippen molar-refractivity contribution in [2.45, 2.75) is 26.0 Å². The molecule has 1 fully saturated rings. The molecule has 2 aromatic rings. The van der Waals surface area contributed by atoms with Crippen LogP contribution in [0, 0.1) is 0 Å². The van der Waals surface area contributed by atoms with Gasteiger partial charge in [-0.2, -0.15) is 0 Å². The first-order chi connectivity index (χ1) is 10.6. The first kappa shape index (κ1) is 14.3. The minimum atomic E-state index is -0.508. The van der Waals surface area contributed by atoms with Gasteiger partial charge in [-0.3, -0.25) is 4.79 Å². The quantitative estimate of drug-likeness (QED) is 0.639. The molecule has 0 radical (unpaired) electrons. The molecule has 0 N–H and O–H groups in total. The number of aromatic nitrogens is 1. The van der Waals surface area contributed by atoms with E-state index in [1.807, 2.05) is 30.3 Å². The Kier molecular flexibility index (Phi) is 3.66. The van der Waals surface area contributed by atoms with E-state index in [9.17, 15) is 9.59 Å². The molecule has 1 aromatic carbocycles. The second-order valence-corrected chi connectivity index (χ2v) is 5.36. The Balaban J connectivity index is 1.68. The number of nitrogens with zero attached hydrogens (tertiary/aromatic N) is 2. The molecule has 22 heavy (non-hydrogen) atoms. The van der Waals surface area contributed by atoms with Gasteiger partial charge >= 0.3 is 5.97 Å². The molecule has 1 aliphatic rings. The van der Waals surface area contributed by atoms with Gasteiger partial charge in [-0.25, -0.2) is 9.78 Å². The highest BCUT2D eigenvalue weighted by Gasteiger charge is 2.46. The van der Waals surface area contributed by atoms with Crippen molar-refractivity contribution in [3.8, 4) is 11.5 Å². The number of ether oxygens (including phenoxy) is 1. The molecule has 1 aliphatic heterocycles. The molecule has 0 bridgehead atoms. The molecule has 3 rings (SSSR count). The predicted molar refractivity (Wildman–Crippen MR) is 78.0 cm³/mol. The smallest absolute Gasteiger partial charge is 0.330 e. The number of benzene rings is 1. The number of carbonyl (C=O) groups excluding carboxylic acids is 2. The SMILES string of the molecule is CC(C)OC(=O)C1CN1C(=O)c1coc(-c2ccccc2)n1. The van der Waals surface area contributed by atoms with Crippen LogP contribution < -0.4 is 0 Å². The van der Waals surface area contributed by atoms with Crippen molar-refractivity contribution in [3.63, 3.8) is 0 Å². The molecule has 6 heteroatoms. The Morgan fingerprint density at radius 3 is 2.73 bits per heavy atom. The van der Waals surface area contributed by atoms with Gasteiger partial charge in [-0.1, -0.05) is 18.2 Å². The zero-order chi connectivity index (χ0) is 15.7. The maximum atomic E-state index is 12.2. The normalized spacial score (nSPS) is 16.7. The Bertz CT molecular complexity index is 693. The van der Waals surface area contributed by atoms with Crippen molar-refractivity contribution in [1.29, 1.82) is 0 Å². The van der Waals surface area contributed by atoms with Crippen LogP contribution in [0.1, 0.15) is 24.3 Å². The van der Waals surface area contributed by atoms with Crippen molar-refractivity contribution in [3.05, 3.63) is 42.3 Å². The number of carbonyl (C=O) groups is 2. The van der Waals surface area contributed by atoms with Crippen LogP contribution in [0.5, 0.6) is 0 Å². The van der Waals surface area contributed by atoms with Crippen LogP contribution in [-0.4, -0.2) is 40.5 Å². The fourth-order valence-corrected chi connectivity index (χ4v) is 2.11. The standard InChI is InChI=1S/C16H16N2O4/c1-10(2)22-16(20)13-8-18(13)15(19)12-9-21-14(17-12)11-6-4-3-5-7-11/h3-7,9-10,13H,8H2,1-2H3. The molecule has 1 amide bonds. The van der Waals surface area contributed by atoms with Crippen molar-refractivity contribution >= 4 is 11.9 Å². The molecule has 1 atom stereocenters. The average Bonchev–Trinajstić information content (AvgIpc) is 3.16. The molecule has 0 spiro atoms. The largest absolute Gasteiger partial charge is 0.461 e. The number of rotatable bonds is 4. The summed E-state index contributed by atoms with van der Waals surface area (Å²) in [5.41, 5.74) is 0.988. The third-order valence-electron chi connectivity index (χ3n) is 3.24. The Morgan fingerprint density at radius 2 is 2.05 bits per heavy atom. The predicted octanol–water partition coefficient (Wildman–Crippen LogP) is 2.12. The highest BCUT2D eigenvalue weighted by Crippen LogP contribution is 2.24. The van der Waals surface area contributed by atoms with Crippen LogP contribution >= 0.6 is 0 Å². The monoisotopic (exact) mass is 300 g/mol. The van der Waals surface area contributed by atoms with Crippen molar-refractivity contribution < 1.29 is 18.7 Å². The summed E-state index contributed by atoms with van der Waals surface area (Å²) in [6.45, 7) is 3.91. The molecular weight excluding hydrogens is 284 g/mol. The number of amides is 1. The van der Waals surface area contributed by atoms with Gasteiger partial charge in [0, 0.05) is 5.56 Å². The molecule has 2 heterocycles. The first-order valence-corrected chi connectivity index (χ1v) is 7.08. The Hall–Kier alpha value is -2.63. The van der Waals surface area contributed by atoms with Gasteiger partial charge in [0.15, 0.2) is 5.69 Å². The number of oxazole rings is 1. The summed E-state index contributed by atoms with van der Waals surface area (Å²) in [4.78, 5) is 29.6. The van der Waals surface area contributed by atoms with E-state index in [0.717, 1.165) is 5.56 Å². The Morgan fingerprint density at radius 1 is 1.32 bits per heavy atom. The topological polar surface area (TPSA) is 72.4 Å². The highest BCUT2D eigenvalue weighted by molar-refractivity contribution is 5.98. The van der Waals surface area contributed by atoms with Crippen LogP contribution in [0.3, 0.4) is 0 Å². The maximum Gasteiger partial charge on any atom is 0.330 e. The Labute approximate surface area is 127 Å². The van der Waals surface area contributed by atoms with Crippen LogP contribution in [0.15, 0.2) is 41.0 Å². The molecule has 0 aliphatic carbocycles. The molecule has 114 valence electrons.